The molecule has 0 nitrogen and oxygen atoms in total. The van der Waals surface area contributed by atoms with Crippen LogP contribution in [0.3, 0.4) is 0 Å². The van der Waals surface area contributed by atoms with Gasteiger partial charge in [0.15, 0.2) is 0 Å². The highest BCUT2D eigenvalue weighted by Crippen LogP contribution is 2.13. The summed E-state index contributed by atoms with van der Waals surface area (Å²) in [6, 6.07) is 32.9. The van der Waals surface area contributed by atoms with E-state index >= 15 is 0 Å². The fourth-order valence-corrected chi connectivity index (χ4v) is 6.31. The van der Waals surface area contributed by atoms with Gasteiger partial charge in [-0.2, -0.15) is 0 Å². The summed E-state index contributed by atoms with van der Waals surface area (Å²) >= 11 is -0.914. The molecule has 3 aromatic rings. The van der Waals surface area contributed by atoms with Gasteiger partial charge in [0.25, 0.3) is 14.1 Å². The molecule has 0 aromatic heterocycles. The van der Waals surface area contributed by atoms with Gasteiger partial charge in [-0.3, -0.25) is 0 Å². The van der Waals surface area contributed by atoms with Crippen molar-refractivity contribution in [2.75, 3.05) is 0 Å². The van der Waals surface area contributed by atoms with Crippen LogP contribution in [0.25, 0.3) is 0 Å². The standard InChI is InChI=1S/3C7H7.Al/c3*1-7-5-3-2-4-6-7;/h3*2-6H,1H2;. The van der Waals surface area contributed by atoms with E-state index in [-0.39, 0.29) is 0 Å². The third-order valence-electron chi connectivity index (χ3n) is 4.10. The molecule has 0 bridgehead atoms. The van der Waals surface area contributed by atoms with E-state index in [0.717, 1.165) is 0 Å². The van der Waals surface area contributed by atoms with Crippen molar-refractivity contribution >= 4 is 14.1 Å². The fourth-order valence-electron chi connectivity index (χ4n) is 3.06. The third-order valence-corrected chi connectivity index (χ3v) is 7.25. The second-order valence-corrected chi connectivity index (χ2v) is 8.89. The predicted octanol–water partition coefficient (Wildman–Crippen LogP) is 4.83. The monoisotopic (exact) mass is 300 g/mol. The highest BCUT2D eigenvalue weighted by Gasteiger charge is 2.18. The molecule has 0 N–H and O–H groups in total. The summed E-state index contributed by atoms with van der Waals surface area (Å²) < 4.78 is 0. The van der Waals surface area contributed by atoms with Gasteiger partial charge in [-0.05, 0) is 0 Å². The maximum Gasteiger partial charge on any atom is 0.277 e. The van der Waals surface area contributed by atoms with Gasteiger partial charge < -0.3 is 0 Å². The molecule has 0 spiro atoms. The zero-order valence-corrected chi connectivity index (χ0v) is 14.0. The Bertz CT molecular complexity index is 563. The molecule has 3 aromatic carbocycles. The van der Waals surface area contributed by atoms with Crippen LogP contribution in [0.1, 0.15) is 16.7 Å². The lowest BCUT2D eigenvalue weighted by atomic mass is 10.2. The molecule has 0 unspecified atom stereocenters. The number of benzene rings is 3. The number of hydrogen-bond donors (Lipinski definition) is 0. The zero-order chi connectivity index (χ0) is 15.0. The van der Waals surface area contributed by atoms with Crippen molar-refractivity contribution < 1.29 is 0 Å². The summed E-state index contributed by atoms with van der Waals surface area (Å²) in [6.45, 7) is 0. The Morgan fingerprint density at radius 2 is 0.682 bits per heavy atom. The van der Waals surface area contributed by atoms with Crippen LogP contribution in [0.5, 0.6) is 0 Å². The Morgan fingerprint density at radius 3 is 0.955 bits per heavy atom. The summed E-state index contributed by atoms with van der Waals surface area (Å²) in [5, 5.41) is 3.81. The Kier molecular flexibility index (Phi) is 5.49. The quantitative estimate of drug-likeness (QED) is 0.572. The Balaban J connectivity index is 1.75. The van der Waals surface area contributed by atoms with E-state index in [4.69, 9.17) is 0 Å². The van der Waals surface area contributed by atoms with Gasteiger partial charge in [0, 0.05) is 0 Å². The van der Waals surface area contributed by atoms with E-state index in [2.05, 4.69) is 91.0 Å². The second-order valence-electron chi connectivity index (χ2n) is 5.94. The molecule has 0 saturated carbocycles. The van der Waals surface area contributed by atoms with E-state index in [0.29, 0.717) is 0 Å². The molecule has 0 atom stereocenters. The lowest BCUT2D eigenvalue weighted by molar-refractivity contribution is 1.19. The summed E-state index contributed by atoms with van der Waals surface area (Å²) in [6.07, 6.45) is 0. The van der Waals surface area contributed by atoms with Crippen LogP contribution in [0.2, 0.25) is 0 Å². The largest absolute Gasteiger partial charge is 0.277 e. The van der Waals surface area contributed by atoms with Crippen molar-refractivity contribution in [3.05, 3.63) is 108 Å². The van der Waals surface area contributed by atoms with Crippen LogP contribution in [-0.2, 0) is 15.8 Å². The average molecular weight is 300 g/mol. The van der Waals surface area contributed by atoms with Crippen molar-refractivity contribution in [1.82, 2.24) is 0 Å². The van der Waals surface area contributed by atoms with Gasteiger partial charge >= 0.3 is 0 Å². The Labute approximate surface area is 137 Å². The molecular formula is C21H21Al. The lowest BCUT2D eigenvalue weighted by Crippen LogP contribution is -2.24. The van der Waals surface area contributed by atoms with Gasteiger partial charge in [0.2, 0.25) is 0 Å². The smallest absolute Gasteiger partial charge is 0.0687 e. The first kappa shape index (κ1) is 15.1. The molecule has 22 heavy (non-hydrogen) atoms. The maximum atomic E-state index is 2.27. The van der Waals surface area contributed by atoms with Gasteiger partial charge in [-0.1, -0.05) is 124 Å². The lowest BCUT2D eigenvalue weighted by Gasteiger charge is -2.13. The van der Waals surface area contributed by atoms with Gasteiger partial charge in [0.05, 0.1) is 0 Å². The number of hydrogen-bond acceptors (Lipinski definition) is 0. The molecule has 108 valence electrons. The minimum Gasteiger partial charge on any atom is -0.0687 e. The summed E-state index contributed by atoms with van der Waals surface area (Å²) in [5.41, 5.74) is 4.48. The van der Waals surface area contributed by atoms with Crippen LogP contribution in [0.4, 0.5) is 0 Å². The molecule has 0 heterocycles. The maximum absolute atomic E-state index is 2.27. The van der Waals surface area contributed by atoms with Crippen molar-refractivity contribution in [2.45, 2.75) is 15.8 Å². The molecule has 0 aliphatic carbocycles. The van der Waals surface area contributed by atoms with E-state index in [9.17, 15) is 0 Å². The summed E-state index contributed by atoms with van der Waals surface area (Å²) in [5.74, 6) is 0. The molecule has 0 amide bonds. The summed E-state index contributed by atoms with van der Waals surface area (Å²) in [4.78, 5) is 0. The predicted molar refractivity (Wildman–Crippen MR) is 96.2 cm³/mol. The topological polar surface area (TPSA) is 0 Å². The van der Waals surface area contributed by atoms with Crippen LogP contribution < -0.4 is 0 Å². The highest BCUT2D eigenvalue weighted by molar-refractivity contribution is 6.57. The van der Waals surface area contributed by atoms with Gasteiger partial charge in [-0.25, -0.2) is 0 Å². The number of rotatable bonds is 6. The normalized spacial score (nSPS) is 10.4. The molecule has 0 fully saturated rings. The molecule has 3 rings (SSSR count). The van der Waals surface area contributed by atoms with Gasteiger partial charge in [0.1, 0.15) is 0 Å². The van der Waals surface area contributed by atoms with Crippen molar-refractivity contribution in [2.24, 2.45) is 0 Å². The Hall–Kier alpha value is -1.81. The van der Waals surface area contributed by atoms with Crippen LogP contribution in [0.15, 0.2) is 91.0 Å². The minimum absolute atomic E-state index is 0.914. The Morgan fingerprint density at radius 1 is 0.409 bits per heavy atom. The SMILES string of the molecule is c1ccc([CH2][Al]([CH2]c2ccccc2)[CH2]c2ccccc2)cc1. The summed E-state index contributed by atoms with van der Waals surface area (Å²) in [7, 11) is 0. The molecular weight excluding hydrogens is 279 g/mol. The van der Waals surface area contributed by atoms with Crippen LogP contribution in [0, 0.1) is 0 Å². The average Bonchev–Trinajstić information content (AvgIpc) is 2.57. The molecule has 0 saturated heterocycles. The van der Waals surface area contributed by atoms with Crippen LogP contribution >= 0.6 is 0 Å². The fraction of sp³-hybridized carbons (Fsp3) is 0.143. The molecule has 0 aliphatic heterocycles. The first-order valence-electron chi connectivity index (χ1n) is 8.02. The van der Waals surface area contributed by atoms with Crippen molar-refractivity contribution in [3.8, 4) is 0 Å². The van der Waals surface area contributed by atoms with Crippen molar-refractivity contribution in [1.29, 1.82) is 0 Å². The first-order chi connectivity index (χ1) is 10.9. The molecule has 1 heteroatoms. The van der Waals surface area contributed by atoms with E-state index in [1.54, 1.807) is 0 Å². The van der Waals surface area contributed by atoms with Gasteiger partial charge in [-0.15, -0.1) is 0 Å². The molecule has 0 aliphatic rings. The first-order valence-corrected chi connectivity index (χ1v) is 10.5. The highest BCUT2D eigenvalue weighted by atomic mass is 27.2. The van der Waals surface area contributed by atoms with Crippen molar-refractivity contribution in [3.63, 3.8) is 0 Å². The second kappa shape index (κ2) is 7.99. The van der Waals surface area contributed by atoms with E-state index in [1.807, 2.05) is 0 Å². The zero-order valence-electron chi connectivity index (χ0n) is 12.9. The van der Waals surface area contributed by atoms with E-state index < -0.39 is 14.1 Å². The van der Waals surface area contributed by atoms with Crippen LogP contribution in [-0.4, -0.2) is 14.1 Å². The minimum atomic E-state index is -0.914. The van der Waals surface area contributed by atoms with E-state index in [1.165, 1.54) is 32.5 Å². The third kappa shape index (κ3) is 4.60. The molecule has 0 radical (unpaired) electrons.